The van der Waals surface area contributed by atoms with E-state index in [2.05, 4.69) is 15.3 Å². The van der Waals surface area contributed by atoms with Crippen LogP contribution in [0.1, 0.15) is 55.9 Å². The number of nitrogens with one attached hydrogen (secondary N) is 3. The van der Waals surface area contributed by atoms with Crippen molar-refractivity contribution in [3.63, 3.8) is 0 Å². The number of rotatable bonds is 24. The first-order valence-electron chi connectivity index (χ1n) is 22.4. The molecule has 3 aliphatic heterocycles. The Bertz CT molecular complexity index is 2840. The average Bonchev–Trinajstić information content (AvgIpc) is 4.05. The number of pyridine rings is 1. The summed E-state index contributed by atoms with van der Waals surface area (Å²) in [6.07, 6.45) is 0.402. The Morgan fingerprint density at radius 1 is 0.786 bits per heavy atom. The van der Waals surface area contributed by atoms with E-state index in [0.717, 1.165) is 21.3 Å². The largest absolute Gasteiger partial charge is 0.491 e. The molecule has 5 heterocycles. The number of aliphatic hydroxyl groups excluding tert-OH is 1. The molecule has 5 aromatic rings. The number of carbonyl (C=O) groups is 4. The second kappa shape index (κ2) is 22.5. The number of aromatic amines is 1. The summed E-state index contributed by atoms with van der Waals surface area (Å²) in [6.45, 7) is 2.54. The summed E-state index contributed by atoms with van der Waals surface area (Å²) in [4.78, 5) is 59.3. The highest BCUT2D eigenvalue weighted by Gasteiger charge is 2.44. The molecule has 0 saturated carbocycles. The average molecular weight is 995 g/mol. The smallest absolute Gasteiger partial charge is 0.301 e. The first kappa shape index (κ1) is 49.9. The first-order chi connectivity index (χ1) is 33.8. The van der Waals surface area contributed by atoms with Gasteiger partial charge in [-0.05, 0) is 66.9 Å². The van der Waals surface area contributed by atoms with Crippen LogP contribution in [0, 0.1) is 11.6 Å². The molecule has 70 heavy (non-hydrogen) atoms. The van der Waals surface area contributed by atoms with Crippen LogP contribution in [0.2, 0.25) is 0 Å². The zero-order valence-corrected chi connectivity index (χ0v) is 38.3. The van der Waals surface area contributed by atoms with Crippen LogP contribution in [0.4, 0.5) is 18.9 Å². The number of anilines is 1. The van der Waals surface area contributed by atoms with Gasteiger partial charge in [-0.1, -0.05) is 12.1 Å². The van der Waals surface area contributed by atoms with Gasteiger partial charge in [0.1, 0.15) is 48.6 Å². The number of amides is 3. The summed E-state index contributed by atoms with van der Waals surface area (Å²) in [6, 6.07) is 14.0. The number of nitrogens with zero attached hydrogens (tertiary/aromatic N) is 3. The Morgan fingerprint density at radius 3 is 2.06 bits per heavy atom. The molecule has 2 aromatic heterocycles. The molecule has 3 aliphatic rings. The number of halogens is 3. The maximum absolute atomic E-state index is 15.7. The van der Waals surface area contributed by atoms with Gasteiger partial charge in [-0.3, -0.25) is 28.8 Å². The fourth-order valence-electron chi connectivity index (χ4n) is 8.04. The Morgan fingerprint density at radius 2 is 1.41 bits per heavy atom. The molecule has 2 unspecified atom stereocenters. The molecule has 0 bridgehead atoms. The van der Waals surface area contributed by atoms with E-state index >= 15 is 8.78 Å². The third-order valence-corrected chi connectivity index (χ3v) is 13.1. The second-order valence-corrected chi connectivity index (χ2v) is 17.9. The standard InChI is InChI=1S/C47H49F3N6O13S/c48-30-11-12-55(27-30)70(62,63)54-38-8-7-37(49)41(42(38)50)43(58)36-26-52-44-34(36)23-29(25-51-44)28-1-3-31(4-2-28)68-21-19-66-17-15-64-13-14-65-16-18-67-20-22-69-32-5-6-33-35(24-32)47(61)56(46(33)60)39-9-10-40(57)53-45(39)59/h1-8,23-26,30,39,45,54,59H,9-22,27H2,(H,51,52)(H,53,57)/t30-,39?,45?/m1/s1. The van der Waals surface area contributed by atoms with E-state index in [1.54, 1.807) is 42.6 Å². The van der Waals surface area contributed by atoms with E-state index in [-0.39, 0.29) is 79.3 Å². The number of ketones is 1. The minimum Gasteiger partial charge on any atom is -0.491 e. The molecular weight excluding hydrogens is 946 g/mol. The van der Waals surface area contributed by atoms with Crippen LogP contribution in [0.25, 0.3) is 22.2 Å². The Balaban J connectivity index is 0.683. The summed E-state index contributed by atoms with van der Waals surface area (Å²) in [5.41, 5.74) is 0.244. The highest BCUT2D eigenvalue weighted by Crippen LogP contribution is 2.33. The number of benzene rings is 3. The summed E-state index contributed by atoms with van der Waals surface area (Å²) < 4.78 is 106. The Labute approximate surface area is 399 Å². The van der Waals surface area contributed by atoms with Crippen LogP contribution in [0.5, 0.6) is 11.5 Å². The van der Waals surface area contributed by atoms with Crippen molar-refractivity contribution in [1.29, 1.82) is 0 Å². The van der Waals surface area contributed by atoms with Crippen molar-refractivity contribution in [3.8, 4) is 22.6 Å². The molecule has 23 heteroatoms. The van der Waals surface area contributed by atoms with Crippen molar-refractivity contribution in [2.24, 2.45) is 0 Å². The quantitative estimate of drug-likeness (QED) is 0.0386. The molecule has 0 radical (unpaired) electrons. The number of carbonyl (C=O) groups excluding carboxylic acids is 4. The number of alkyl halides is 1. The maximum atomic E-state index is 15.7. The summed E-state index contributed by atoms with van der Waals surface area (Å²) in [5, 5.41) is 12.9. The highest BCUT2D eigenvalue weighted by atomic mass is 32.2. The first-order valence-corrected chi connectivity index (χ1v) is 23.8. The van der Waals surface area contributed by atoms with Gasteiger partial charge < -0.3 is 43.8 Å². The van der Waals surface area contributed by atoms with Gasteiger partial charge in [-0.2, -0.15) is 12.7 Å². The van der Waals surface area contributed by atoms with E-state index in [1.807, 2.05) is 4.72 Å². The second-order valence-electron chi connectivity index (χ2n) is 16.3. The summed E-state index contributed by atoms with van der Waals surface area (Å²) >= 11 is 0. The fraction of sp³-hybridized carbons (Fsp3) is 0.383. The highest BCUT2D eigenvalue weighted by molar-refractivity contribution is 7.90. The van der Waals surface area contributed by atoms with Crippen molar-refractivity contribution in [3.05, 3.63) is 107 Å². The molecule has 2 saturated heterocycles. The van der Waals surface area contributed by atoms with Crippen LogP contribution < -0.4 is 19.5 Å². The number of hydrogen-bond acceptors (Lipinski definition) is 14. The van der Waals surface area contributed by atoms with E-state index < -0.39 is 75.7 Å². The lowest BCUT2D eigenvalue weighted by atomic mass is 10.00. The molecule has 372 valence electrons. The number of imide groups is 1. The van der Waals surface area contributed by atoms with Crippen LogP contribution in [-0.2, 0) is 34.0 Å². The van der Waals surface area contributed by atoms with Gasteiger partial charge >= 0.3 is 10.2 Å². The van der Waals surface area contributed by atoms with E-state index in [0.29, 0.717) is 68.9 Å². The van der Waals surface area contributed by atoms with Gasteiger partial charge in [0.05, 0.1) is 81.3 Å². The van der Waals surface area contributed by atoms with Gasteiger partial charge in [0.2, 0.25) is 11.7 Å². The minimum absolute atomic E-state index is 0.0116. The molecule has 19 nitrogen and oxygen atoms in total. The molecule has 8 rings (SSSR count). The third kappa shape index (κ3) is 11.6. The van der Waals surface area contributed by atoms with Gasteiger partial charge in [0.15, 0.2) is 5.82 Å². The number of hydrogen-bond donors (Lipinski definition) is 4. The van der Waals surface area contributed by atoms with E-state index in [9.17, 15) is 37.1 Å². The molecule has 3 atom stereocenters. The number of aromatic nitrogens is 2. The fourth-order valence-corrected chi connectivity index (χ4v) is 9.31. The molecule has 0 spiro atoms. The maximum Gasteiger partial charge on any atom is 0.301 e. The van der Waals surface area contributed by atoms with Crippen molar-refractivity contribution in [1.82, 2.24) is 24.5 Å². The molecule has 2 fully saturated rings. The van der Waals surface area contributed by atoms with E-state index in [4.69, 9.17) is 28.4 Å². The molecular formula is C47H49F3N6O13S. The van der Waals surface area contributed by atoms with Crippen molar-refractivity contribution in [2.75, 3.05) is 83.9 Å². The van der Waals surface area contributed by atoms with Crippen LogP contribution in [-0.4, -0.2) is 154 Å². The van der Waals surface area contributed by atoms with Crippen molar-refractivity contribution >= 4 is 50.4 Å². The van der Waals surface area contributed by atoms with Crippen molar-refractivity contribution in [2.45, 2.75) is 37.7 Å². The lowest BCUT2D eigenvalue weighted by molar-refractivity contribution is -0.129. The number of aliphatic hydroxyl groups is 1. The predicted octanol–water partition coefficient (Wildman–Crippen LogP) is 4.16. The lowest BCUT2D eigenvalue weighted by Gasteiger charge is -2.33. The van der Waals surface area contributed by atoms with Crippen LogP contribution in [0.15, 0.2) is 73.1 Å². The SMILES string of the molecule is O=C1CCC(N2C(=O)c3ccc(OCCOCCOCCOCCOCCOc4ccc(-c5cnc6[nH]cc(C(=O)c7c(F)ccc(NS(=O)(=O)N8CC[C@@H](F)C8)c7F)c6c5)cc4)cc3C2=O)C(O)N1. The number of H-pyrrole nitrogens is 1. The summed E-state index contributed by atoms with van der Waals surface area (Å²) in [5.74, 6) is -4.13. The van der Waals surface area contributed by atoms with Gasteiger partial charge in [-0.25, -0.2) is 18.2 Å². The molecule has 3 amide bonds. The number of fused-ring (bicyclic) bond motifs is 2. The monoisotopic (exact) mass is 994 g/mol. The van der Waals surface area contributed by atoms with Crippen LogP contribution in [0.3, 0.4) is 0 Å². The molecule has 3 aromatic carbocycles. The normalized spacial score (nSPS) is 18.4. The molecule has 0 aliphatic carbocycles. The minimum atomic E-state index is -4.37. The van der Waals surface area contributed by atoms with E-state index in [1.165, 1.54) is 18.3 Å². The van der Waals surface area contributed by atoms with Crippen molar-refractivity contribution < 1.29 is 74.3 Å². The number of ether oxygens (including phenoxy) is 6. The Kier molecular flexibility index (Phi) is 16.1. The van der Waals surface area contributed by atoms with Gasteiger partial charge in [-0.15, -0.1) is 0 Å². The number of piperidine rings is 1. The summed E-state index contributed by atoms with van der Waals surface area (Å²) in [7, 11) is -4.37. The Hall–Kier alpha value is -6.47. The lowest BCUT2D eigenvalue weighted by Crippen LogP contribution is -2.57. The van der Waals surface area contributed by atoms with Gasteiger partial charge in [0, 0.05) is 48.4 Å². The zero-order chi connectivity index (χ0) is 49.4. The topological polar surface area (TPSA) is 237 Å². The predicted molar refractivity (Wildman–Crippen MR) is 243 cm³/mol. The zero-order valence-electron chi connectivity index (χ0n) is 37.5. The van der Waals surface area contributed by atoms with Crippen LogP contribution >= 0.6 is 0 Å². The van der Waals surface area contributed by atoms with Gasteiger partial charge in [0.25, 0.3) is 11.8 Å². The third-order valence-electron chi connectivity index (χ3n) is 11.6. The molecule has 4 N–H and O–H groups in total.